The van der Waals surface area contributed by atoms with E-state index in [1.807, 2.05) is 33.0 Å². The first-order valence-electron chi connectivity index (χ1n) is 13.9. The van der Waals surface area contributed by atoms with E-state index < -0.39 is 5.60 Å². The predicted molar refractivity (Wildman–Crippen MR) is 149 cm³/mol. The fraction of sp³-hybridized carbons (Fsp3) is 0.643. The van der Waals surface area contributed by atoms with Crippen LogP contribution in [0.3, 0.4) is 0 Å². The Morgan fingerprint density at radius 2 is 1.87 bits per heavy atom. The second-order valence-electron chi connectivity index (χ2n) is 11.5. The van der Waals surface area contributed by atoms with Gasteiger partial charge in [-0.15, -0.1) is 0 Å². The Kier molecular flexibility index (Phi) is 7.97. The molecule has 11 nitrogen and oxygen atoms in total. The van der Waals surface area contributed by atoms with Gasteiger partial charge < -0.3 is 33.8 Å². The van der Waals surface area contributed by atoms with Crippen molar-refractivity contribution in [1.82, 2.24) is 24.8 Å². The summed E-state index contributed by atoms with van der Waals surface area (Å²) in [5.74, 6) is 1.71. The number of hydrogen-bond acceptors (Lipinski definition) is 10. The third kappa shape index (κ3) is 6.29. The minimum Gasteiger partial charge on any atom is -0.494 e. The summed E-state index contributed by atoms with van der Waals surface area (Å²) in [6, 6.07) is 2.67. The summed E-state index contributed by atoms with van der Waals surface area (Å²) in [6.45, 7) is 11.3. The summed E-state index contributed by atoms with van der Waals surface area (Å²) in [6.07, 6.45) is 6.41. The van der Waals surface area contributed by atoms with Crippen LogP contribution in [0.1, 0.15) is 44.9 Å². The first kappa shape index (κ1) is 27.2. The average Bonchev–Trinajstić information content (AvgIpc) is 3.34. The van der Waals surface area contributed by atoms with Crippen molar-refractivity contribution in [2.45, 2.75) is 58.2 Å². The summed E-state index contributed by atoms with van der Waals surface area (Å²) >= 11 is 0. The highest BCUT2D eigenvalue weighted by molar-refractivity contribution is 5.69. The van der Waals surface area contributed by atoms with Crippen molar-refractivity contribution in [2.75, 3.05) is 69.8 Å². The van der Waals surface area contributed by atoms with Crippen molar-refractivity contribution in [3.05, 3.63) is 29.7 Å². The Hall–Kier alpha value is -3.34. The molecule has 1 amide bonds. The zero-order valence-electron chi connectivity index (χ0n) is 23.9. The van der Waals surface area contributed by atoms with Crippen LogP contribution in [0.5, 0.6) is 11.8 Å². The van der Waals surface area contributed by atoms with Crippen LogP contribution in [0, 0.1) is 0 Å². The number of rotatable bonds is 6. The maximum atomic E-state index is 12.6. The Bertz CT molecular complexity index is 1160. The maximum Gasteiger partial charge on any atom is 0.410 e. The molecular weight excluding hydrogens is 498 g/mol. The molecule has 0 N–H and O–H groups in total. The molecule has 0 radical (unpaired) electrons. The highest BCUT2D eigenvalue weighted by atomic mass is 16.6. The van der Waals surface area contributed by atoms with Crippen molar-refractivity contribution >= 4 is 17.6 Å². The Balaban J connectivity index is 1.37. The number of hydrogen-bond donors (Lipinski definition) is 0. The number of carbonyl (C=O) groups excluding carboxylic acids is 1. The normalized spacial score (nSPS) is 20.1. The number of amides is 1. The van der Waals surface area contributed by atoms with Crippen molar-refractivity contribution in [2.24, 2.45) is 0 Å². The third-order valence-electron chi connectivity index (χ3n) is 7.65. The SMILES string of the molecule is COc1ccncc1N1CCc2c(nc(OC[C@@H]3CCCN3C)nc2N2CCN(C(=O)OC(C)(C)C)CC2)C1. The molecule has 212 valence electrons. The summed E-state index contributed by atoms with van der Waals surface area (Å²) in [7, 11) is 3.82. The lowest BCUT2D eigenvalue weighted by Crippen LogP contribution is -2.50. The van der Waals surface area contributed by atoms with Gasteiger partial charge in [0.2, 0.25) is 0 Å². The molecule has 5 heterocycles. The molecule has 2 aromatic rings. The van der Waals surface area contributed by atoms with E-state index in [9.17, 15) is 4.79 Å². The highest BCUT2D eigenvalue weighted by Crippen LogP contribution is 2.34. The second kappa shape index (κ2) is 11.4. The fourth-order valence-electron chi connectivity index (χ4n) is 5.49. The molecule has 3 aliphatic rings. The molecule has 0 bridgehead atoms. The van der Waals surface area contributed by atoms with Crippen LogP contribution in [-0.2, 0) is 17.7 Å². The lowest BCUT2D eigenvalue weighted by atomic mass is 10.0. The number of methoxy groups -OCH3 is 1. The zero-order chi connectivity index (χ0) is 27.6. The maximum absolute atomic E-state index is 12.6. The van der Waals surface area contributed by atoms with Gasteiger partial charge in [0.25, 0.3) is 0 Å². The topological polar surface area (TPSA) is 96.4 Å². The Morgan fingerprint density at radius 1 is 1.08 bits per heavy atom. The highest BCUT2D eigenvalue weighted by Gasteiger charge is 2.31. The Labute approximate surface area is 231 Å². The number of likely N-dealkylation sites (tertiary alicyclic amines) is 1. The molecule has 2 fully saturated rings. The molecule has 0 spiro atoms. The van der Waals surface area contributed by atoms with E-state index in [-0.39, 0.29) is 6.09 Å². The molecule has 1 atom stereocenters. The number of pyridine rings is 1. The van der Waals surface area contributed by atoms with Gasteiger partial charge in [0, 0.05) is 56.6 Å². The molecule has 39 heavy (non-hydrogen) atoms. The van der Waals surface area contributed by atoms with E-state index in [1.54, 1.807) is 18.2 Å². The number of anilines is 2. The first-order chi connectivity index (χ1) is 18.7. The molecule has 3 aliphatic heterocycles. The number of carbonyl (C=O) groups is 1. The van der Waals surface area contributed by atoms with E-state index in [2.05, 4.69) is 26.7 Å². The second-order valence-corrected chi connectivity index (χ2v) is 11.5. The lowest BCUT2D eigenvalue weighted by molar-refractivity contribution is 0.0240. The van der Waals surface area contributed by atoms with E-state index in [0.717, 1.165) is 54.4 Å². The summed E-state index contributed by atoms with van der Waals surface area (Å²) in [5.41, 5.74) is 2.54. The summed E-state index contributed by atoms with van der Waals surface area (Å²) in [5, 5.41) is 0. The quantitative estimate of drug-likeness (QED) is 0.545. The number of aromatic nitrogens is 3. The number of likely N-dealkylation sites (N-methyl/N-ethyl adjacent to an activating group) is 1. The summed E-state index contributed by atoms with van der Waals surface area (Å²) < 4.78 is 17.4. The minimum absolute atomic E-state index is 0.266. The van der Waals surface area contributed by atoms with Crippen LogP contribution in [0.15, 0.2) is 18.5 Å². The van der Waals surface area contributed by atoms with Gasteiger partial charge in [-0.05, 0) is 53.6 Å². The van der Waals surface area contributed by atoms with Crippen molar-refractivity contribution in [3.63, 3.8) is 0 Å². The van der Waals surface area contributed by atoms with Gasteiger partial charge in [-0.2, -0.15) is 9.97 Å². The van der Waals surface area contributed by atoms with Gasteiger partial charge >= 0.3 is 12.1 Å². The molecule has 0 aliphatic carbocycles. The van der Waals surface area contributed by atoms with Crippen LogP contribution >= 0.6 is 0 Å². The lowest BCUT2D eigenvalue weighted by Gasteiger charge is -2.38. The van der Waals surface area contributed by atoms with Crippen LogP contribution in [0.4, 0.5) is 16.3 Å². The van der Waals surface area contributed by atoms with Gasteiger partial charge in [-0.25, -0.2) is 4.79 Å². The third-order valence-corrected chi connectivity index (χ3v) is 7.65. The minimum atomic E-state index is -0.512. The van der Waals surface area contributed by atoms with Crippen LogP contribution in [-0.4, -0.2) is 103 Å². The number of fused-ring (bicyclic) bond motifs is 1. The number of nitrogens with zero attached hydrogens (tertiary/aromatic N) is 7. The molecule has 2 aromatic heterocycles. The largest absolute Gasteiger partial charge is 0.494 e. The van der Waals surface area contributed by atoms with Gasteiger partial charge in [0.1, 0.15) is 23.8 Å². The molecule has 2 saturated heterocycles. The Morgan fingerprint density at radius 3 is 2.56 bits per heavy atom. The number of piperazine rings is 1. The smallest absolute Gasteiger partial charge is 0.410 e. The van der Waals surface area contributed by atoms with E-state index in [1.165, 1.54) is 6.42 Å². The molecule has 0 aromatic carbocycles. The van der Waals surface area contributed by atoms with Gasteiger partial charge in [0.15, 0.2) is 0 Å². The van der Waals surface area contributed by atoms with E-state index in [0.29, 0.717) is 51.4 Å². The average molecular weight is 540 g/mol. The molecule has 5 rings (SSSR count). The predicted octanol–water partition coefficient (Wildman–Crippen LogP) is 2.97. The molecule has 11 heteroatoms. The van der Waals surface area contributed by atoms with Crippen molar-refractivity contribution < 1.29 is 19.0 Å². The van der Waals surface area contributed by atoms with Crippen molar-refractivity contribution in [1.29, 1.82) is 0 Å². The van der Waals surface area contributed by atoms with Gasteiger partial charge in [0.05, 0.1) is 31.2 Å². The fourth-order valence-corrected chi connectivity index (χ4v) is 5.49. The summed E-state index contributed by atoms with van der Waals surface area (Å²) in [4.78, 5) is 35.4. The molecule has 0 unspecified atom stereocenters. The zero-order valence-corrected chi connectivity index (χ0v) is 23.9. The van der Waals surface area contributed by atoms with E-state index >= 15 is 0 Å². The standard InChI is InChI=1S/C28H41N7O4/c1-28(2,3)39-27(36)34-15-13-33(14-16-34)25-21-9-12-35(23-17-29-10-8-24(23)37-5)18-22(21)30-26(31-25)38-19-20-7-6-11-32(20)4/h8,10,17,20H,6-7,9,11-16,18-19H2,1-5H3/t20-/m0/s1. The van der Waals surface area contributed by atoms with Crippen molar-refractivity contribution in [3.8, 4) is 11.8 Å². The number of ether oxygens (including phenoxy) is 3. The van der Waals surface area contributed by atoms with E-state index in [4.69, 9.17) is 24.2 Å². The van der Waals surface area contributed by atoms with Gasteiger partial charge in [-0.1, -0.05) is 0 Å². The van der Waals surface area contributed by atoms with Crippen LogP contribution in [0.25, 0.3) is 0 Å². The van der Waals surface area contributed by atoms with Crippen LogP contribution < -0.4 is 19.3 Å². The van der Waals surface area contributed by atoms with Gasteiger partial charge in [-0.3, -0.25) is 4.98 Å². The monoisotopic (exact) mass is 539 g/mol. The molecular formula is C28H41N7O4. The molecule has 0 saturated carbocycles. The first-order valence-corrected chi connectivity index (χ1v) is 13.9. The van der Waals surface area contributed by atoms with Crippen LogP contribution in [0.2, 0.25) is 0 Å².